The third-order valence-corrected chi connectivity index (χ3v) is 3.31. The lowest BCUT2D eigenvalue weighted by molar-refractivity contribution is 0.0536. The maximum atomic E-state index is 13.2. The Kier molecular flexibility index (Phi) is 4.37. The molecule has 0 spiro atoms. The van der Waals surface area contributed by atoms with Gasteiger partial charge in [0.15, 0.2) is 0 Å². The highest BCUT2D eigenvalue weighted by atomic mass is 19.1. The van der Waals surface area contributed by atoms with E-state index in [1.165, 1.54) is 6.07 Å². The molecule has 1 amide bonds. The van der Waals surface area contributed by atoms with Crippen LogP contribution in [0.3, 0.4) is 0 Å². The van der Waals surface area contributed by atoms with Crippen LogP contribution in [0.15, 0.2) is 18.2 Å². The molecule has 0 saturated carbocycles. The van der Waals surface area contributed by atoms with E-state index in [0.717, 1.165) is 31.6 Å². The van der Waals surface area contributed by atoms with Crippen molar-refractivity contribution in [2.24, 2.45) is 0 Å². The lowest BCUT2D eigenvalue weighted by Gasteiger charge is -2.24. The molecular weight excluding hydrogens is 249 g/mol. The third-order valence-electron chi connectivity index (χ3n) is 3.31. The minimum Gasteiger partial charge on any atom is -0.507 e. The zero-order valence-corrected chi connectivity index (χ0v) is 10.9. The number of carbonyl (C=O) groups is 1. The van der Waals surface area contributed by atoms with E-state index in [0.29, 0.717) is 13.1 Å². The van der Waals surface area contributed by atoms with Gasteiger partial charge in [-0.25, -0.2) is 4.39 Å². The number of aromatic hydroxyl groups is 1. The van der Waals surface area contributed by atoms with Gasteiger partial charge in [0, 0.05) is 19.7 Å². The van der Waals surface area contributed by atoms with Crippen LogP contribution in [-0.4, -0.2) is 41.7 Å². The van der Waals surface area contributed by atoms with Crippen molar-refractivity contribution in [3.63, 3.8) is 0 Å². The molecule has 19 heavy (non-hydrogen) atoms. The average molecular weight is 267 g/mol. The fourth-order valence-corrected chi connectivity index (χ4v) is 2.24. The number of halogens is 1. The van der Waals surface area contributed by atoms with Gasteiger partial charge in [-0.05, 0) is 38.0 Å². The monoisotopic (exact) mass is 267 g/mol. The van der Waals surface area contributed by atoms with Crippen LogP contribution in [0, 0.1) is 5.82 Å². The minimum atomic E-state index is -0.533. The molecule has 0 aliphatic carbocycles. The summed E-state index contributed by atoms with van der Waals surface area (Å²) in [7, 11) is 0. The van der Waals surface area contributed by atoms with E-state index in [-0.39, 0.29) is 23.3 Å². The number of amides is 1. The second-order valence-corrected chi connectivity index (χ2v) is 4.64. The summed E-state index contributed by atoms with van der Waals surface area (Å²) in [6, 6.07) is 3.39. The van der Waals surface area contributed by atoms with Crippen LogP contribution in [0.4, 0.5) is 4.39 Å². The van der Waals surface area contributed by atoms with E-state index in [4.69, 9.17) is 4.74 Å². The van der Waals surface area contributed by atoms with Crippen LogP contribution in [0.2, 0.25) is 0 Å². The Morgan fingerprint density at radius 1 is 1.58 bits per heavy atom. The topological polar surface area (TPSA) is 49.8 Å². The zero-order valence-electron chi connectivity index (χ0n) is 10.9. The number of hydrogen-bond donors (Lipinski definition) is 1. The van der Waals surface area contributed by atoms with Gasteiger partial charge in [0.1, 0.15) is 11.6 Å². The molecule has 1 heterocycles. The number of carbonyl (C=O) groups excluding carboxylic acids is 1. The molecule has 1 aliphatic rings. The largest absolute Gasteiger partial charge is 0.507 e. The highest BCUT2D eigenvalue weighted by Crippen LogP contribution is 2.21. The highest BCUT2D eigenvalue weighted by molar-refractivity contribution is 5.96. The van der Waals surface area contributed by atoms with E-state index >= 15 is 0 Å². The smallest absolute Gasteiger partial charge is 0.257 e. The summed E-state index contributed by atoms with van der Waals surface area (Å²) < 4.78 is 18.7. The molecule has 1 aromatic carbocycles. The number of hydrogen-bond acceptors (Lipinski definition) is 3. The van der Waals surface area contributed by atoms with Crippen molar-refractivity contribution in [2.75, 3.05) is 19.7 Å². The van der Waals surface area contributed by atoms with Crippen molar-refractivity contribution in [3.8, 4) is 5.75 Å². The Morgan fingerprint density at radius 2 is 2.37 bits per heavy atom. The predicted molar refractivity (Wildman–Crippen MR) is 68.6 cm³/mol. The Labute approximate surface area is 111 Å². The molecule has 0 aromatic heterocycles. The summed E-state index contributed by atoms with van der Waals surface area (Å²) >= 11 is 0. The van der Waals surface area contributed by atoms with Gasteiger partial charge in [-0.15, -0.1) is 0 Å². The molecule has 1 atom stereocenters. The first kappa shape index (κ1) is 13.8. The molecular formula is C14H18FNO3. The third kappa shape index (κ3) is 3.23. The lowest BCUT2D eigenvalue weighted by atomic mass is 10.1. The fourth-order valence-electron chi connectivity index (χ4n) is 2.24. The molecule has 1 saturated heterocycles. The van der Waals surface area contributed by atoms with Crippen molar-refractivity contribution in [2.45, 2.75) is 25.9 Å². The number of phenols is 1. The summed E-state index contributed by atoms with van der Waals surface area (Å²) in [5.41, 5.74) is -0.000142. The first-order valence-corrected chi connectivity index (χ1v) is 6.51. The van der Waals surface area contributed by atoms with Gasteiger partial charge in [-0.2, -0.15) is 0 Å². The summed E-state index contributed by atoms with van der Waals surface area (Å²) in [5.74, 6) is -1.10. The molecule has 1 fully saturated rings. The van der Waals surface area contributed by atoms with Crippen molar-refractivity contribution in [3.05, 3.63) is 29.6 Å². The standard InChI is InChI=1S/C14H18FNO3/c1-2-16(9-11-4-3-7-19-11)14(18)12-8-10(15)5-6-13(12)17/h5-6,8,11,17H,2-4,7,9H2,1H3. The summed E-state index contributed by atoms with van der Waals surface area (Å²) in [5, 5.41) is 9.67. The summed E-state index contributed by atoms with van der Waals surface area (Å²) in [6.45, 7) is 3.55. The van der Waals surface area contributed by atoms with E-state index in [1.807, 2.05) is 6.92 Å². The second-order valence-electron chi connectivity index (χ2n) is 4.64. The minimum absolute atomic E-state index is 0.000142. The number of likely N-dealkylation sites (N-methyl/N-ethyl adjacent to an activating group) is 1. The van der Waals surface area contributed by atoms with Crippen molar-refractivity contribution in [1.82, 2.24) is 4.90 Å². The normalized spacial score (nSPS) is 18.5. The van der Waals surface area contributed by atoms with Crippen LogP contribution in [0.25, 0.3) is 0 Å². The van der Waals surface area contributed by atoms with Crippen LogP contribution >= 0.6 is 0 Å². The molecule has 1 aliphatic heterocycles. The molecule has 1 unspecified atom stereocenters. The number of ether oxygens (including phenoxy) is 1. The molecule has 1 N–H and O–H groups in total. The van der Waals surface area contributed by atoms with Crippen LogP contribution in [0.5, 0.6) is 5.75 Å². The fraction of sp³-hybridized carbons (Fsp3) is 0.500. The lowest BCUT2D eigenvalue weighted by Crippen LogP contribution is -2.37. The van der Waals surface area contributed by atoms with Crippen LogP contribution in [-0.2, 0) is 4.74 Å². The number of nitrogens with zero attached hydrogens (tertiary/aromatic N) is 1. The van der Waals surface area contributed by atoms with Gasteiger partial charge in [0.05, 0.1) is 11.7 Å². The van der Waals surface area contributed by atoms with E-state index < -0.39 is 5.82 Å². The number of benzene rings is 1. The van der Waals surface area contributed by atoms with Crippen LogP contribution in [0.1, 0.15) is 30.1 Å². The number of phenolic OH excluding ortho intramolecular Hbond substituents is 1. The van der Waals surface area contributed by atoms with Crippen molar-refractivity contribution < 1.29 is 19.0 Å². The maximum absolute atomic E-state index is 13.2. The van der Waals surface area contributed by atoms with Crippen molar-refractivity contribution >= 4 is 5.91 Å². The maximum Gasteiger partial charge on any atom is 0.257 e. The van der Waals surface area contributed by atoms with Crippen LogP contribution < -0.4 is 0 Å². The van der Waals surface area contributed by atoms with E-state index in [2.05, 4.69) is 0 Å². The number of rotatable bonds is 4. The van der Waals surface area contributed by atoms with E-state index in [1.54, 1.807) is 4.90 Å². The summed E-state index contributed by atoms with van der Waals surface area (Å²) in [6.07, 6.45) is 1.97. The van der Waals surface area contributed by atoms with E-state index in [9.17, 15) is 14.3 Å². The van der Waals surface area contributed by atoms with Gasteiger partial charge < -0.3 is 14.7 Å². The first-order valence-electron chi connectivity index (χ1n) is 6.51. The first-order chi connectivity index (χ1) is 9.11. The Balaban J connectivity index is 2.12. The second kappa shape index (κ2) is 6.02. The molecule has 104 valence electrons. The van der Waals surface area contributed by atoms with Gasteiger partial charge in [-0.1, -0.05) is 0 Å². The molecule has 0 bridgehead atoms. The Morgan fingerprint density at radius 3 is 3.00 bits per heavy atom. The highest BCUT2D eigenvalue weighted by Gasteiger charge is 2.24. The summed E-state index contributed by atoms with van der Waals surface area (Å²) in [4.78, 5) is 13.9. The Bertz CT molecular complexity index is 458. The molecule has 4 nitrogen and oxygen atoms in total. The van der Waals surface area contributed by atoms with Gasteiger partial charge >= 0.3 is 0 Å². The van der Waals surface area contributed by atoms with Gasteiger partial charge in [0.25, 0.3) is 5.91 Å². The zero-order chi connectivity index (χ0) is 13.8. The average Bonchev–Trinajstić information content (AvgIpc) is 2.91. The van der Waals surface area contributed by atoms with Gasteiger partial charge in [-0.3, -0.25) is 4.79 Å². The van der Waals surface area contributed by atoms with Gasteiger partial charge in [0.2, 0.25) is 0 Å². The molecule has 1 aromatic rings. The molecule has 2 rings (SSSR count). The van der Waals surface area contributed by atoms with Crippen molar-refractivity contribution in [1.29, 1.82) is 0 Å². The quantitative estimate of drug-likeness (QED) is 0.909. The SMILES string of the molecule is CCN(CC1CCCO1)C(=O)c1cc(F)ccc1O. The predicted octanol–water partition coefficient (Wildman–Crippen LogP) is 2.17. The molecule has 5 heteroatoms. The molecule has 0 radical (unpaired) electrons. The Hall–Kier alpha value is -1.62.